The molecule has 78 valence electrons. The molecule has 1 aromatic carbocycles. The highest BCUT2D eigenvalue weighted by Gasteiger charge is 2.14. The number of para-hydroxylation sites is 1. The first-order valence-corrected chi connectivity index (χ1v) is 5.67. The van der Waals surface area contributed by atoms with Crippen molar-refractivity contribution in [3.63, 3.8) is 0 Å². The number of rotatable bonds is 1. The standard InChI is InChI=1S/C13H15NO/c1-4-8-14(9-5-1)13-10-11-6-2-3-7-12(11)15-13/h2-3,6-7,10H,1,4-5,8-9H2. The lowest BCUT2D eigenvalue weighted by Crippen LogP contribution is -2.28. The average molecular weight is 201 g/mol. The second kappa shape index (κ2) is 3.61. The van der Waals surface area contributed by atoms with Crippen molar-refractivity contribution in [3.05, 3.63) is 30.3 Å². The smallest absolute Gasteiger partial charge is 0.196 e. The highest BCUT2D eigenvalue weighted by Crippen LogP contribution is 2.27. The molecular formula is C13H15NO. The fourth-order valence-electron chi connectivity index (χ4n) is 2.24. The van der Waals surface area contributed by atoms with Crippen LogP contribution in [0.3, 0.4) is 0 Å². The minimum atomic E-state index is 0.998. The predicted molar refractivity (Wildman–Crippen MR) is 62.3 cm³/mol. The quantitative estimate of drug-likeness (QED) is 0.702. The monoisotopic (exact) mass is 201 g/mol. The number of hydrogen-bond acceptors (Lipinski definition) is 2. The number of benzene rings is 1. The van der Waals surface area contributed by atoms with E-state index >= 15 is 0 Å². The van der Waals surface area contributed by atoms with E-state index in [2.05, 4.69) is 23.1 Å². The zero-order valence-electron chi connectivity index (χ0n) is 8.78. The molecule has 0 amide bonds. The Morgan fingerprint density at radius 3 is 2.60 bits per heavy atom. The molecule has 2 aromatic rings. The van der Waals surface area contributed by atoms with Crippen LogP contribution in [-0.2, 0) is 0 Å². The lowest BCUT2D eigenvalue weighted by molar-refractivity contribution is 0.518. The van der Waals surface area contributed by atoms with Crippen molar-refractivity contribution in [1.29, 1.82) is 0 Å². The zero-order valence-corrected chi connectivity index (χ0v) is 8.78. The summed E-state index contributed by atoms with van der Waals surface area (Å²) in [5.41, 5.74) is 0.998. The summed E-state index contributed by atoms with van der Waals surface area (Å²) in [4.78, 5) is 2.35. The predicted octanol–water partition coefficient (Wildman–Crippen LogP) is 3.42. The first-order chi connectivity index (χ1) is 7.43. The lowest BCUT2D eigenvalue weighted by Gasteiger charge is -2.25. The Morgan fingerprint density at radius 1 is 1.00 bits per heavy atom. The van der Waals surface area contributed by atoms with Gasteiger partial charge < -0.3 is 9.32 Å². The number of nitrogens with zero attached hydrogens (tertiary/aromatic N) is 1. The van der Waals surface area contributed by atoms with Gasteiger partial charge in [0.25, 0.3) is 0 Å². The van der Waals surface area contributed by atoms with Gasteiger partial charge in [-0.25, -0.2) is 0 Å². The SMILES string of the molecule is c1ccc2oc(N3CCCCC3)cc2c1. The summed E-state index contributed by atoms with van der Waals surface area (Å²) in [6.45, 7) is 2.28. The molecule has 0 atom stereocenters. The molecule has 1 aliphatic rings. The molecule has 1 aromatic heterocycles. The van der Waals surface area contributed by atoms with E-state index in [4.69, 9.17) is 4.42 Å². The third-order valence-corrected chi connectivity index (χ3v) is 3.08. The molecule has 15 heavy (non-hydrogen) atoms. The lowest BCUT2D eigenvalue weighted by atomic mass is 10.1. The fraction of sp³-hybridized carbons (Fsp3) is 0.385. The normalized spacial score (nSPS) is 17.2. The number of furan rings is 1. The van der Waals surface area contributed by atoms with Gasteiger partial charge in [0.1, 0.15) is 5.58 Å². The Hall–Kier alpha value is -1.44. The molecule has 0 N–H and O–H groups in total. The number of fused-ring (bicyclic) bond motifs is 1. The van der Waals surface area contributed by atoms with Crippen LogP contribution in [-0.4, -0.2) is 13.1 Å². The van der Waals surface area contributed by atoms with Crippen LogP contribution in [0, 0.1) is 0 Å². The Balaban J connectivity index is 1.96. The molecule has 0 radical (unpaired) electrons. The van der Waals surface area contributed by atoms with Gasteiger partial charge in [-0.1, -0.05) is 18.2 Å². The molecule has 1 saturated heterocycles. The molecule has 0 bridgehead atoms. The van der Waals surface area contributed by atoms with Crippen molar-refractivity contribution in [2.75, 3.05) is 18.0 Å². The number of hydrogen-bond donors (Lipinski definition) is 0. The summed E-state index contributed by atoms with van der Waals surface area (Å²) < 4.78 is 5.83. The Kier molecular flexibility index (Phi) is 2.13. The summed E-state index contributed by atoms with van der Waals surface area (Å²) in [5, 5.41) is 1.21. The second-order valence-electron chi connectivity index (χ2n) is 4.17. The van der Waals surface area contributed by atoms with Gasteiger partial charge in [0, 0.05) is 24.5 Å². The number of piperidine rings is 1. The maximum atomic E-state index is 5.83. The molecular weight excluding hydrogens is 186 g/mol. The van der Waals surface area contributed by atoms with Gasteiger partial charge in [-0.2, -0.15) is 0 Å². The molecule has 3 rings (SSSR count). The van der Waals surface area contributed by atoms with E-state index in [1.165, 1.54) is 24.6 Å². The van der Waals surface area contributed by atoms with Gasteiger partial charge in [-0.3, -0.25) is 0 Å². The molecule has 1 fully saturated rings. The molecule has 1 aliphatic heterocycles. The van der Waals surface area contributed by atoms with Crippen molar-refractivity contribution in [2.24, 2.45) is 0 Å². The molecule has 0 aliphatic carbocycles. The highest BCUT2D eigenvalue weighted by atomic mass is 16.4. The van der Waals surface area contributed by atoms with Gasteiger partial charge >= 0.3 is 0 Å². The van der Waals surface area contributed by atoms with Gasteiger partial charge in [-0.15, -0.1) is 0 Å². The van der Waals surface area contributed by atoms with Crippen LogP contribution in [0.5, 0.6) is 0 Å². The Bertz CT molecular complexity index is 421. The van der Waals surface area contributed by atoms with Crippen LogP contribution in [0.2, 0.25) is 0 Å². The molecule has 2 heterocycles. The summed E-state index contributed by atoms with van der Waals surface area (Å²) in [6.07, 6.45) is 3.94. The van der Waals surface area contributed by atoms with Gasteiger partial charge in [0.05, 0.1) is 0 Å². The maximum Gasteiger partial charge on any atom is 0.196 e. The van der Waals surface area contributed by atoms with E-state index in [9.17, 15) is 0 Å². The summed E-state index contributed by atoms with van der Waals surface area (Å²) >= 11 is 0. The highest BCUT2D eigenvalue weighted by molar-refractivity contribution is 5.80. The fourth-order valence-corrected chi connectivity index (χ4v) is 2.24. The Morgan fingerprint density at radius 2 is 1.80 bits per heavy atom. The van der Waals surface area contributed by atoms with Crippen molar-refractivity contribution in [1.82, 2.24) is 0 Å². The van der Waals surface area contributed by atoms with Crippen LogP contribution in [0.25, 0.3) is 11.0 Å². The topological polar surface area (TPSA) is 16.4 Å². The van der Waals surface area contributed by atoms with E-state index < -0.39 is 0 Å². The van der Waals surface area contributed by atoms with E-state index in [1.807, 2.05) is 12.1 Å². The van der Waals surface area contributed by atoms with Gasteiger partial charge in [-0.05, 0) is 25.3 Å². The van der Waals surface area contributed by atoms with Crippen LogP contribution in [0.4, 0.5) is 5.88 Å². The second-order valence-corrected chi connectivity index (χ2v) is 4.17. The molecule has 2 heteroatoms. The van der Waals surface area contributed by atoms with Crippen molar-refractivity contribution < 1.29 is 4.42 Å². The van der Waals surface area contributed by atoms with E-state index in [0.717, 1.165) is 24.6 Å². The minimum absolute atomic E-state index is 0.998. The Labute approximate surface area is 89.5 Å². The van der Waals surface area contributed by atoms with Crippen LogP contribution < -0.4 is 4.90 Å². The van der Waals surface area contributed by atoms with Gasteiger partial charge in [0.15, 0.2) is 5.88 Å². The molecule has 2 nitrogen and oxygen atoms in total. The third kappa shape index (κ3) is 1.60. The molecule has 0 unspecified atom stereocenters. The molecule has 0 spiro atoms. The van der Waals surface area contributed by atoms with Gasteiger partial charge in [0.2, 0.25) is 0 Å². The summed E-state index contributed by atoms with van der Waals surface area (Å²) in [5.74, 6) is 1.04. The van der Waals surface area contributed by atoms with Crippen molar-refractivity contribution in [2.45, 2.75) is 19.3 Å². The zero-order chi connectivity index (χ0) is 10.1. The van der Waals surface area contributed by atoms with E-state index in [0.29, 0.717) is 0 Å². The van der Waals surface area contributed by atoms with Crippen molar-refractivity contribution >= 4 is 16.9 Å². The summed E-state index contributed by atoms with van der Waals surface area (Å²) in [6, 6.07) is 10.4. The largest absolute Gasteiger partial charge is 0.441 e. The summed E-state index contributed by atoms with van der Waals surface area (Å²) in [7, 11) is 0. The number of anilines is 1. The minimum Gasteiger partial charge on any atom is -0.441 e. The van der Waals surface area contributed by atoms with E-state index in [-0.39, 0.29) is 0 Å². The van der Waals surface area contributed by atoms with Crippen LogP contribution >= 0.6 is 0 Å². The third-order valence-electron chi connectivity index (χ3n) is 3.08. The average Bonchev–Trinajstić information content (AvgIpc) is 2.74. The first-order valence-electron chi connectivity index (χ1n) is 5.67. The van der Waals surface area contributed by atoms with E-state index in [1.54, 1.807) is 0 Å². The first kappa shape index (κ1) is 8.84. The maximum absolute atomic E-state index is 5.83. The van der Waals surface area contributed by atoms with Crippen LogP contribution in [0.15, 0.2) is 34.7 Å². The van der Waals surface area contributed by atoms with Crippen molar-refractivity contribution in [3.8, 4) is 0 Å². The van der Waals surface area contributed by atoms with Crippen LogP contribution in [0.1, 0.15) is 19.3 Å². The molecule has 0 saturated carbocycles.